The number of carbonyl (C=O) groups is 6. The molecule has 13 nitrogen and oxygen atoms in total. The summed E-state index contributed by atoms with van der Waals surface area (Å²) in [7, 11) is 0. The lowest BCUT2D eigenvalue weighted by atomic mass is 9.82. The van der Waals surface area contributed by atoms with Gasteiger partial charge >= 0.3 is 0 Å². The van der Waals surface area contributed by atoms with E-state index in [1.807, 2.05) is 27.7 Å². The molecular weight excluding hydrogens is 638 g/mol. The summed E-state index contributed by atoms with van der Waals surface area (Å²) in [5, 5.41) is 11.4. The van der Waals surface area contributed by atoms with E-state index < -0.39 is 64.9 Å². The molecule has 0 radical (unpaired) electrons. The number of Topliss-reactive ketones (excluding diaryl/α,β-unsaturated/α-hetero) is 1. The molecule has 1 aromatic heterocycles. The molecule has 6 atom stereocenters. The van der Waals surface area contributed by atoms with Crippen molar-refractivity contribution in [1.82, 2.24) is 36.1 Å². The van der Waals surface area contributed by atoms with Gasteiger partial charge in [0, 0.05) is 30.9 Å². The van der Waals surface area contributed by atoms with Crippen LogP contribution in [0.15, 0.2) is 30.7 Å². The average molecular weight is 692 g/mol. The molecule has 50 heavy (non-hydrogen) atoms. The first-order valence-corrected chi connectivity index (χ1v) is 18.3. The van der Waals surface area contributed by atoms with Crippen molar-refractivity contribution >= 4 is 35.3 Å². The summed E-state index contributed by atoms with van der Waals surface area (Å²) in [4.78, 5) is 91.6. The van der Waals surface area contributed by atoms with E-state index in [0.29, 0.717) is 12.8 Å². The minimum Gasteiger partial charge on any atom is -0.347 e. The third-order valence-corrected chi connectivity index (χ3v) is 10.8. The van der Waals surface area contributed by atoms with Crippen LogP contribution >= 0.6 is 0 Å². The molecule has 1 saturated heterocycles. The molecule has 3 aliphatic carbocycles. The first-order chi connectivity index (χ1) is 23.8. The highest BCUT2D eigenvalue weighted by atomic mass is 16.2. The minimum absolute atomic E-state index is 0.000203. The fourth-order valence-electron chi connectivity index (χ4n) is 7.80. The van der Waals surface area contributed by atoms with Crippen molar-refractivity contribution in [1.29, 1.82) is 0 Å². The minimum atomic E-state index is -1.03. The molecule has 4 aliphatic rings. The Morgan fingerprint density at radius 1 is 0.960 bits per heavy atom. The first kappa shape index (κ1) is 37.1. The van der Waals surface area contributed by atoms with E-state index in [2.05, 4.69) is 37.8 Å². The second-order valence-electron chi connectivity index (χ2n) is 15.6. The van der Waals surface area contributed by atoms with Crippen molar-refractivity contribution in [3.63, 3.8) is 0 Å². The van der Waals surface area contributed by atoms with E-state index in [1.165, 1.54) is 23.5 Å². The van der Waals surface area contributed by atoms with Crippen molar-refractivity contribution in [2.75, 3.05) is 6.54 Å². The van der Waals surface area contributed by atoms with Crippen molar-refractivity contribution in [2.45, 2.75) is 129 Å². The van der Waals surface area contributed by atoms with Gasteiger partial charge in [0.05, 0.1) is 12.2 Å². The van der Waals surface area contributed by atoms with Gasteiger partial charge in [0.1, 0.15) is 23.8 Å². The normalized spacial score (nSPS) is 24.0. The second kappa shape index (κ2) is 15.8. The van der Waals surface area contributed by atoms with E-state index >= 15 is 0 Å². The fraction of sp³-hybridized carbons (Fsp3) is 0.676. The number of rotatable bonds is 13. The molecule has 1 aliphatic heterocycles. The van der Waals surface area contributed by atoms with Gasteiger partial charge in [0.15, 0.2) is 0 Å². The number of likely N-dealkylation sites (tertiary alicyclic amines) is 1. The highest BCUT2D eigenvalue weighted by Crippen LogP contribution is 2.45. The fourth-order valence-corrected chi connectivity index (χ4v) is 7.80. The Kier molecular flexibility index (Phi) is 11.7. The lowest BCUT2D eigenvalue weighted by molar-refractivity contribution is -0.146. The Labute approximate surface area is 294 Å². The number of ketones is 1. The number of hydrogen-bond acceptors (Lipinski definition) is 8. The molecule has 0 spiro atoms. The largest absolute Gasteiger partial charge is 0.347 e. The van der Waals surface area contributed by atoms with Crippen LogP contribution in [0.3, 0.4) is 0 Å². The highest BCUT2D eigenvalue weighted by molar-refractivity contribution is 6.38. The van der Waals surface area contributed by atoms with Crippen LogP contribution in [0.25, 0.3) is 0 Å². The van der Waals surface area contributed by atoms with E-state index in [0.717, 1.165) is 56.9 Å². The predicted molar refractivity (Wildman–Crippen MR) is 185 cm³/mol. The van der Waals surface area contributed by atoms with Crippen molar-refractivity contribution in [3.05, 3.63) is 36.4 Å². The molecule has 5 amide bonds. The standard InChI is InChI=1S/C37H53N7O6/c1-6-10-26(30(45)35(49)40-23-14-15-23)41-34(48)29-24-16-13-21(2)25(24)20-44(29)36(50)31(37(3,4)5)43-33(47)28(22-11-8-7-9-12-22)42-32(46)27-19-38-17-18-39-27/h17-19,22-26,28-29,31H,2,6-16,20H2,1,3-5H3,(H,40,49)(H,41,48)(H,42,46)(H,43,47)/t24-,25+,26-,28-,29-,31+/m0/s1. The summed E-state index contributed by atoms with van der Waals surface area (Å²) in [6, 6.07) is -3.85. The summed E-state index contributed by atoms with van der Waals surface area (Å²) < 4.78 is 0. The van der Waals surface area contributed by atoms with Crippen LogP contribution in [-0.4, -0.2) is 86.9 Å². The second-order valence-corrected chi connectivity index (χ2v) is 15.6. The van der Waals surface area contributed by atoms with Crippen molar-refractivity contribution in [3.8, 4) is 0 Å². The van der Waals surface area contributed by atoms with Gasteiger partial charge in [-0.15, -0.1) is 0 Å². The van der Waals surface area contributed by atoms with Gasteiger partial charge in [0.25, 0.3) is 11.8 Å². The summed E-state index contributed by atoms with van der Waals surface area (Å²) >= 11 is 0. The molecule has 272 valence electrons. The molecule has 0 bridgehead atoms. The molecular formula is C37H53N7O6. The van der Waals surface area contributed by atoms with Crippen LogP contribution in [-0.2, 0) is 24.0 Å². The smallest absolute Gasteiger partial charge is 0.289 e. The zero-order valence-electron chi connectivity index (χ0n) is 29.8. The lowest BCUT2D eigenvalue weighted by Gasteiger charge is -2.38. The van der Waals surface area contributed by atoms with Gasteiger partial charge in [0.2, 0.25) is 23.5 Å². The monoisotopic (exact) mass is 691 g/mol. The van der Waals surface area contributed by atoms with Crippen LogP contribution in [0.1, 0.15) is 109 Å². The Balaban J connectivity index is 1.38. The van der Waals surface area contributed by atoms with Gasteiger partial charge in [-0.1, -0.05) is 65.5 Å². The maximum atomic E-state index is 14.7. The van der Waals surface area contributed by atoms with Gasteiger partial charge in [-0.3, -0.25) is 33.8 Å². The van der Waals surface area contributed by atoms with Crippen molar-refractivity contribution < 1.29 is 28.8 Å². The molecule has 1 aromatic rings. The molecule has 5 rings (SSSR count). The van der Waals surface area contributed by atoms with Gasteiger partial charge < -0.3 is 26.2 Å². The summed E-state index contributed by atoms with van der Waals surface area (Å²) in [6.45, 7) is 11.9. The lowest BCUT2D eigenvalue weighted by Crippen LogP contribution is -2.62. The quantitative estimate of drug-likeness (QED) is 0.180. The Hall–Kier alpha value is -4.16. The number of nitrogens with one attached hydrogen (secondary N) is 4. The van der Waals surface area contributed by atoms with E-state index in [9.17, 15) is 28.8 Å². The molecule has 3 saturated carbocycles. The molecule has 13 heteroatoms. The Morgan fingerprint density at radius 2 is 1.68 bits per heavy atom. The van der Waals surface area contributed by atoms with Gasteiger partial charge in [-0.25, -0.2) is 4.98 Å². The number of nitrogens with zero attached hydrogens (tertiary/aromatic N) is 3. The maximum Gasteiger partial charge on any atom is 0.289 e. The number of hydrogen-bond donors (Lipinski definition) is 4. The SMILES string of the molecule is C=C1CC[C@H]2[C@@H]1CN(C(=O)[C@@H](NC(=O)[C@@H](NC(=O)c1cnccn1)C1CCCCC1)C(C)(C)C)[C@@H]2C(=O)N[C@@H](CCC)C(=O)C(=O)NC1CC1. The predicted octanol–water partition coefficient (Wildman–Crippen LogP) is 2.61. The molecule has 2 heterocycles. The topological polar surface area (TPSA) is 180 Å². The summed E-state index contributed by atoms with van der Waals surface area (Å²) in [6.07, 6.45) is 12.5. The van der Waals surface area contributed by atoms with Crippen LogP contribution in [0.4, 0.5) is 0 Å². The number of carbonyl (C=O) groups excluding carboxylic acids is 6. The van der Waals surface area contributed by atoms with Crippen molar-refractivity contribution in [2.24, 2.45) is 23.2 Å². The Bertz CT molecular complexity index is 1470. The highest BCUT2D eigenvalue weighted by Gasteiger charge is 2.53. The summed E-state index contributed by atoms with van der Waals surface area (Å²) in [5.74, 6) is -3.72. The summed E-state index contributed by atoms with van der Waals surface area (Å²) in [5.41, 5.74) is 0.288. The molecule has 0 unspecified atom stereocenters. The number of aromatic nitrogens is 2. The molecule has 4 N–H and O–H groups in total. The molecule has 0 aromatic carbocycles. The van der Waals surface area contributed by atoms with Crippen LogP contribution in [0, 0.1) is 23.2 Å². The third kappa shape index (κ3) is 8.58. The third-order valence-electron chi connectivity index (χ3n) is 10.8. The maximum absolute atomic E-state index is 14.7. The van der Waals surface area contributed by atoms with E-state index in [1.54, 1.807) is 0 Å². The van der Waals surface area contributed by atoms with E-state index in [4.69, 9.17) is 0 Å². The molecule has 4 fully saturated rings. The first-order valence-electron chi connectivity index (χ1n) is 18.3. The van der Waals surface area contributed by atoms with Crippen LogP contribution < -0.4 is 21.3 Å². The van der Waals surface area contributed by atoms with E-state index in [-0.39, 0.29) is 42.5 Å². The van der Waals surface area contributed by atoms with Crippen LogP contribution in [0.5, 0.6) is 0 Å². The average Bonchev–Trinajstić information content (AvgIpc) is 3.72. The zero-order valence-corrected chi connectivity index (χ0v) is 29.8. The number of amides is 5. The zero-order chi connectivity index (χ0) is 36.2. The Morgan fingerprint density at radius 3 is 2.30 bits per heavy atom. The van der Waals surface area contributed by atoms with Crippen LogP contribution in [0.2, 0.25) is 0 Å². The number of fused-ring (bicyclic) bond motifs is 1. The van der Waals surface area contributed by atoms with Gasteiger partial charge in [-0.2, -0.15) is 0 Å². The van der Waals surface area contributed by atoms with Gasteiger partial charge in [-0.05, 0) is 62.2 Å².